The molecule has 0 spiro atoms. The largest absolute Gasteiger partial charge is 0.481 e. The number of amides is 1. The maximum Gasteiger partial charge on any atom is 0.310 e. The van der Waals surface area contributed by atoms with Gasteiger partial charge in [-0.1, -0.05) is 23.8 Å². The Kier molecular flexibility index (Phi) is 4.17. The van der Waals surface area contributed by atoms with E-state index in [1.807, 2.05) is 30.3 Å². The molecule has 0 aromatic heterocycles. The average Bonchev–Trinajstić information content (AvgIpc) is 3.23. The van der Waals surface area contributed by atoms with Crippen LogP contribution in [-0.4, -0.2) is 60.3 Å². The number of carbonyl (C=O) groups excluding carboxylic acids is 1. The number of rotatable bonds is 3. The molecule has 2 saturated heterocycles. The van der Waals surface area contributed by atoms with E-state index in [4.69, 9.17) is 16.3 Å². The molecule has 25 heavy (non-hydrogen) atoms. The Balaban J connectivity index is 1.42. The second kappa shape index (κ2) is 6.35. The summed E-state index contributed by atoms with van der Waals surface area (Å²) >= 11 is 5.92. The molecule has 1 amide bonds. The topological polar surface area (TPSA) is 70.1 Å². The number of nitrogens with zero attached hydrogens (tertiary/aromatic N) is 2. The van der Waals surface area contributed by atoms with Gasteiger partial charge in [-0.15, -0.1) is 0 Å². The third-order valence-corrected chi connectivity index (χ3v) is 5.50. The first-order valence-corrected chi connectivity index (χ1v) is 8.78. The fourth-order valence-corrected chi connectivity index (χ4v) is 4.07. The number of fused-ring (bicyclic) bond motifs is 2. The molecule has 3 aliphatic rings. The molecule has 3 heterocycles. The number of ether oxygens (including phenoxy) is 1. The highest BCUT2D eigenvalue weighted by molar-refractivity contribution is 6.30. The predicted octanol–water partition coefficient (Wildman–Crippen LogP) is 1.64. The number of aliphatic carboxylic acids is 1. The number of piperazine rings is 1. The Morgan fingerprint density at radius 2 is 1.60 bits per heavy atom. The summed E-state index contributed by atoms with van der Waals surface area (Å²) in [7, 11) is 0. The number of carbonyl (C=O) groups is 2. The zero-order valence-corrected chi connectivity index (χ0v) is 14.3. The molecule has 132 valence electrons. The predicted molar refractivity (Wildman–Crippen MR) is 92.7 cm³/mol. The zero-order valence-electron chi connectivity index (χ0n) is 13.5. The van der Waals surface area contributed by atoms with Gasteiger partial charge >= 0.3 is 5.97 Å². The Labute approximate surface area is 150 Å². The van der Waals surface area contributed by atoms with Gasteiger partial charge in [-0.25, -0.2) is 0 Å². The van der Waals surface area contributed by atoms with Crippen molar-refractivity contribution in [2.24, 2.45) is 11.8 Å². The number of anilines is 1. The van der Waals surface area contributed by atoms with Crippen LogP contribution in [0.15, 0.2) is 36.4 Å². The molecule has 1 N–H and O–H groups in total. The van der Waals surface area contributed by atoms with Crippen LogP contribution in [0, 0.1) is 11.8 Å². The lowest BCUT2D eigenvalue weighted by molar-refractivity contribution is -0.149. The standard InChI is InChI=1S/C18H19ClN2O4/c19-11-1-3-12(4-2-11)20-7-9-21(10-8-20)17(22)15-13-5-6-14(25-13)16(15)18(23)24/h1-6,13-16H,7-10H2,(H,23,24). The summed E-state index contributed by atoms with van der Waals surface area (Å²) in [5, 5.41) is 10.2. The van der Waals surface area contributed by atoms with Gasteiger partial charge in [-0.2, -0.15) is 0 Å². The molecule has 2 fully saturated rings. The molecule has 4 unspecified atom stereocenters. The number of carboxylic acids is 1. The number of hydrogen-bond acceptors (Lipinski definition) is 4. The van der Waals surface area contributed by atoms with E-state index in [1.165, 1.54) is 0 Å². The second-order valence-corrected chi connectivity index (χ2v) is 7.07. The summed E-state index contributed by atoms with van der Waals surface area (Å²) in [5.41, 5.74) is 1.08. The van der Waals surface area contributed by atoms with Crippen LogP contribution in [0.2, 0.25) is 5.02 Å². The normalized spacial score (nSPS) is 30.8. The molecule has 1 aromatic rings. The van der Waals surface area contributed by atoms with Crippen LogP contribution in [0.5, 0.6) is 0 Å². The molecule has 3 aliphatic heterocycles. The van der Waals surface area contributed by atoms with E-state index in [0.717, 1.165) is 5.69 Å². The minimum atomic E-state index is -0.963. The van der Waals surface area contributed by atoms with E-state index < -0.39 is 30.0 Å². The molecule has 0 saturated carbocycles. The smallest absolute Gasteiger partial charge is 0.310 e. The van der Waals surface area contributed by atoms with Crippen LogP contribution in [0.1, 0.15) is 0 Å². The van der Waals surface area contributed by atoms with Gasteiger partial charge in [-0.3, -0.25) is 9.59 Å². The molecular weight excluding hydrogens is 344 g/mol. The molecule has 7 heteroatoms. The van der Waals surface area contributed by atoms with Crippen LogP contribution in [0.25, 0.3) is 0 Å². The number of benzene rings is 1. The van der Waals surface area contributed by atoms with Crippen LogP contribution >= 0.6 is 11.6 Å². The second-order valence-electron chi connectivity index (χ2n) is 6.63. The van der Waals surface area contributed by atoms with Gasteiger partial charge in [0.05, 0.1) is 18.1 Å². The van der Waals surface area contributed by atoms with E-state index in [-0.39, 0.29) is 5.91 Å². The lowest BCUT2D eigenvalue weighted by Gasteiger charge is -2.38. The molecule has 2 bridgehead atoms. The van der Waals surface area contributed by atoms with Crippen molar-refractivity contribution >= 4 is 29.2 Å². The summed E-state index contributed by atoms with van der Waals surface area (Å²) in [6.45, 7) is 2.57. The van der Waals surface area contributed by atoms with Crippen LogP contribution in [0.4, 0.5) is 5.69 Å². The van der Waals surface area contributed by atoms with Gasteiger partial charge in [0.25, 0.3) is 0 Å². The SMILES string of the molecule is O=C(O)C1C2C=CC(O2)C1C(=O)N1CCN(c2ccc(Cl)cc2)CC1. The van der Waals surface area contributed by atoms with Gasteiger partial charge in [0.15, 0.2) is 0 Å². The number of carboxylic acid groups (broad SMARTS) is 1. The Bertz CT molecular complexity index is 712. The van der Waals surface area contributed by atoms with Gasteiger partial charge in [0.2, 0.25) is 5.91 Å². The first-order valence-electron chi connectivity index (χ1n) is 8.40. The van der Waals surface area contributed by atoms with Crippen molar-refractivity contribution in [2.45, 2.75) is 12.2 Å². The van der Waals surface area contributed by atoms with Crippen LogP contribution in [-0.2, 0) is 14.3 Å². The third kappa shape index (κ3) is 2.89. The van der Waals surface area contributed by atoms with Crippen molar-refractivity contribution < 1.29 is 19.4 Å². The van der Waals surface area contributed by atoms with Crippen molar-refractivity contribution in [1.82, 2.24) is 4.90 Å². The number of hydrogen-bond donors (Lipinski definition) is 1. The van der Waals surface area contributed by atoms with E-state index in [0.29, 0.717) is 31.2 Å². The quantitative estimate of drug-likeness (QED) is 0.828. The summed E-state index contributed by atoms with van der Waals surface area (Å²) in [5.74, 6) is -2.47. The van der Waals surface area contributed by atoms with Gasteiger partial charge in [0.1, 0.15) is 5.92 Å². The fourth-order valence-electron chi connectivity index (χ4n) is 3.94. The first kappa shape index (κ1) is 16.4. The van der Waals surface area contributed by atoms with Crippen molar-refractivity contribution in [1.29, 1.82) is 0 Å². The number of halogens is 1. The van der Waals surface area contributed by atoms with Crippen molar-refractivity contribution in [3.63, 3.8) is 0 Å². The molecule has 4 rings (SSSR count). The van der Waals surface area contributed by atoms with Crippen molar-refractivity contribution in [2.75, 3.05) is 31.1 Å². The molecule has 0 aliphatic carbocycles. The van der Waals surface area contributed by atoms with Crippen LogP contribution < -0.4 is 4.90 Å². The van der Waals surface area contributed by atoms with E-state index in [9.17, 15) is 14.7 Å². The molecule has 1 aromatic carbocycles. The van der Waals surface area contributed by atoms with E-state index in [2.05, 4.69) is 4.90 Å². The minimum absolute atomic E-state index is 0.111. The van der Waals surface area contributed by atoms with Gasteiger partial charge < -0.3 is 19.6 Å². The Hall–Kier alpha value is -2.05. The average molecular weight is 363 g/mol. The van der Waals surface area contributed by atoms with E-state index >= 15 is 0 Å². The van der Waals surface area contributed by atoms with Crippen LogP contribution in [0.3, 0.4) is 0 Å². The summed E-state index contributed by atoms with van der Waals surface area (Å²) in [6, 6.07) is 7.64. The highest BCUT2D eigenvalue weighted by Gasteiger charge is 2.54. The highest BCUT2D eigenvalue weighted by Crippen LogP contribution is 2.40. The molecule has 0 radical (unpaired) electrons. The van der Waals surface area contributed by atoms with E-state index in [1.54, 1.807) is 11.0 Å². The Morgan fingerprint density at radius 1 is 1.00 bits per heavy atom. The minimum Gasteiger partial charge on any atom is -0.481 e. The molecule has 4 atom stereocenters. The summed E-state index contributed by atoms with van der Waals surface area (Å²) in [4.78, 5) is 28.4. The van der Waals surface area contributed by atoms with Gasteiger partial charge in [0, 0.05) is 36.9 Å². The lowest BCUT2D eigenvalue weighted by Crippen LogP contribution is -2.53. The Morgan fingerprint density at radius 3 is 2.20 bits per heavy atom. The lowest BCUT2D eigenvalue weighted by atomic mass is 9.82. The molecule has 6 nitrogen and oxygen atoms in total. The first-order chi connectivity index (χ1) is 12.0. The maximum absolute atomic E-state index is 12.9. The van der Waals surface area contributed by atoms with Crippen molar-refractivity contribution in [3.05, 3.63) is 41.4 Å². The maximum atomic E-state index is 12.9. The third-order valence-electron chi connectivity index (χ3n) is 5.25. The van der Waals surface area contributed by atoms with Crippen molar-refractivity contribution in [3.8, 4) is 0 Å². The zero-order chi connectivity index (χ0) is 17.6. The summed E-state index contributed by atoms with van der Waals surface area (Å²) in [6.07, 6.45) is 2.68. The fraction of sp³-hybridized carbons (Fsp3) is 0.444. The summed E-state index contributed by atoms with van der Waals surface area (Å²) < 4.78 is 5.61. The molecular formula is C18H19ClN2O4. The monoisotopic (exact) mass is 362 g/mol. The van der Waals surface area contributed by atoms with Gasteiger partial charge in [-0.05, 0) is 24.3 Å². The highest BCUT2D eigenvalue weighted by atomic mass is 35.5.